The highest BCUT2D eigenvalue weighted by atomic mass is 19.4. The fraction of sp³-hybridized carbons (Fsp3) is 0.143. The van der Waals surface area contributed by atoms with Crippen molar-refractivity contribution in [1.29, 1.82) is 0 Å². The molecule has 0 nitrogen and oxygen atoms in total. The van der Waals surface area contributed by atoms with E-state index in [9.17, 15) is 13.2 Å². The first kappa shape index (κ1) is 11.7. The number of hydrogen-bond acceptors (Lipinski definition) is 0. The summed E-state index contributed by atoms with van der Waals surface area (Å²) in [7, 11) is 0. The lowest BCUT2D eigenvalue weighted by atomic mass is 9.91. The molecule has 0 saturated heterocycles. The Labute approximate surface area is 97.7 Å². The van der Waals surface area contributed by atoms with Crippen molar-refractivity contribution in [3.8, 4) is 0 Å². The zero-order valence-corrected chi connectivity index (χ0v) is 8.91. The fourth-order valence-corrected chi connectivity index (χ4v) is 1.78. The van der Waals surface area contributed by atoms with E-state index in [0.717, 1.165) is 0 Å². The summed E-state index contributed by atoms with van der Waals surface area (Å²) in [6.45, 7) is 0. The first-order valence-electron chi connectivity index (χ1n) is 5.17. The maximum atomic E-state index is 13.1. The number of hydrogen-bond donors (Lipinski definition) is 0. The quantitative estimate of drug-likeness (QED) is 0.732. The van der Waals surface area contributed by atoms with Gasteiger partial charge in [-0.1, -0.05) is 54.6 Å². The second kappa shape index (κ2) is 4.62. The Morgan fingerprint density at radius 1 is 0.882 bits per heavy atom. The van der Waals surface area contributed by atoms with Gasteiger partial charge in [-0.25, -0.2) is 0 Å². The molecular weight excluding hydrogens is 225 g/mol. The topological polar surface area (TPSA) is 0 Å². The summed E-state index contributed by atoms with van der Waals surface area (Å²) in [5.74, 6) is -1.61. The standard InChI is InChI=1S/C14H10F3/c15-14(16,17)13(11-7-3-1-4-8-11)12-9-5-2-6-10-12/h1-9,13H. The predicted molar refractivity (Wildman–Crippen MR) is 59.6 cm³/mol. The van der Waals surface area contributed by atoms with E-state index in [0.29, 0.717) is 0 Å². The Morgan fingerprint density at radius 2 is 1.53 bits per heavy atom. The molecule has 17 heavy (non-hydrogen) atoms. The summed E-state index contributed by atoms with van der Waals surface area (Å²) >= 11 is 0. The SMILES string of the molecule is FC(F)(F)C(c1[c]cccc1)c1ccccc1. The molecule has 2 rings (SSSR count). The van der Waals surface area contributed by atoms with Gasteiger partial charge in [0.15, 0.2) is 0 Å². The first-order valence-corrected chi connectivity index (χ1v) is 5.17. The van der Waals surface area contributed by atoms with Gasteiger partial charge >= 0.3 is 6.18 Å². The molecule has 0 amide bonds. The van der Waals surface area contributed by atoms with Gasteiger partial charge in [0.05, 0.1) is 0 Å². The van der Waals surface area contributed by atoms with Gasteiger partial charge in [-0.05, 0) is 17.2 Å². The van der Waals surface area contributed by atoms with Gasteiger partial charge in [0.2, 0.25) is 0 Å². The number of rotatable bonds is 2. The van der Waals surface area contributed by atoms with E-state index in [1.54, 1.807) is 30.3 Å². The number of benzene rings is 2. The van der Waals surface area contributed by atoms with Gasteiger partial charge in [-0.15, -0.1) is 0 Å². The summed E-state index contributed by atoms with van der Waals surface area (Å²) in [5, 5.41) is 0. The molecule has 0 aliphatic carbocycles. The molecule has 0 heterocycles. The van der Waals surface area contributed by atoms with Crippen molar-refractivity contribution in [2.75, 3.05) is 0 Å². The van der Waals surface area contributed by atoms with E-state index in [4.69, 9.17) is 0 Å². The zero-order valence-electron chi connectivity index (χ0n) is 8.91. The summed E-state index contributed by atoms with van der Waals surface area (Å²) in [6, 6.07) is 16.7. The fourth-order valence-electron chi connectivity index (χ4n) is 1.78. The number of halogens is 3. The van der Waals surface area contributed by atoms with Crippen LogP contribution in [0.5, 0.6) is 0 Å². The highest BCUT2D eigenvalue weighted by Gasteiger charge is 2.41. The van der Waals surface area contributed by atoms with Crippen LogP contribution in [0.1, 0.15) is 17.0 Å². The summed E-state index contributed by atoms with van der Waals surface area (Å²) in [5.41, 5.74) is 0.383. The molecule has 0 aliphatic rings. The van der Waals surface area contributed by atoms with Crippen molar-refractivity contribution in [1.82, 2.24) is 0 Å². The summed E-state index contributed by atoms with van der Waals surface area (Å²) in [4.78, 5) is 0. The van der Waals surface area contributed by atoms with E-state index >= 15 is 0 Å². The number of alkyl halides is 3. The highest BCUT2D eigenvalue weighted by Crippen LogP contribution is 2.39. The van der Waals surface area contributed by atoms with Gasteiger partial charge in [0, 0.05) is 0 Å². The highest BCUT2D eigenvalue weighted by molar-refractivity contribution is 5.33. The summed E-state index contributed by atoms with van der Waals surface area (Å²) < 4.78 is 39.2. The van der Waals surface area contributed by atoms with Crippen LogP contribution < -0.4 is 0 Å². The van der Waals surface area contributed by atoms with E-state index in [-0.39, 0.29) is 11.1 Å². The smallest absolute Gasteiger partial charge is 0.170 e. The van der Waals surface area contributed by atoms with Gasteiger partial charge in [-0.3, -0.25) is 0 Å². The van der Waals surface area contributed by atoms with E-state index < -0.39 is 12.1 Å². The molecule has 2 aromatic rings. The maximum Gasteiger partial charge on any atom is 0.399 e. The van der Waals surface area contributed by atoms with Gasteiger partial charge in [0.25, 0.3) is 0 Å². The average Bonchev–Trinajstić information content (AvgIpc) is 2.30. The third kappa shape index (κ3) is 2.67. The lowest BCUT2D eigenvalue weighted by Gasteiger charge is -2.20. The zero-order chi connectivity index (χ0) is 12.3. The van der Waals surface area contributed by atoms with Gasteiger partial charge in [0.1, 0.15) is 5.92 Å². The molecule has 3 heteroatoms. The summed E-state index contributed by atoms with van der Waals surface area (Å²) in [6.07, 6.45) is -4.31. The van der Waals surface area contributed by atoms with Crippen LogP contribution in [0.2, 0.25) is 0 Å². The van der Waals surface area contributed by atoms with Crippen molar-refractivity contribution >= 4 is 0 Å². The molecule has 0 aromatic heterocycles. The minimum absolute atomic E-state index is 0.145. The second-order valence-corrected chi connectivity index (χ2v) is 3.70. The molecule has 2 aromatic carbocycles. The van der Waals surface area contributed by atoms with E-state index in [1.165, 1.54) is 24.3 Å². The van der Waals surface area contributed by atoms with Crippen molar-refractivity contribution in [2.24, 2.45) is 0 Å². The van der Waals surface area contributed by atoms with Crippen LogP contribution in [0.25, 0.3) is 0 Å². The van der Waals surface area contributed by atoms with Crippen LogP contribution in [0.15, 0.2) is 54.6 Å². The lowest BCUT2D eigenvalue weighted by Crippen LogP contribution is -2.21. The average molecular weight is 235 g/mol. The molecular formula is C14H10F3. The first-order chi connectivity index (χ1) is 8.09. The Balaban J connectivity index is 2.48. The minimum atomic E-state index is -4.31. The monoisotopic (exact) mass is 235 g/mol. The molecule has 1 radical (unpaired) electrons. The van der Waals surface area contributed by atoms with Crippen molar-refractivity contribution in [3.63, 3.8) is 0 Å². The molecule has 0 saturated carbocycles. The molecule has 0 N–H and O–H groups in total. The van der Waals surface area contributed by atoms with Crippen LogP contribution in [-0.4, -0.2) is 6.18 Å². The Morgan fingerprint density at radius 3 is 2.06 bits per heavy atom. The van der Waals surface area contributed by atoms with E-state index in [1.807, 2.05) is 0 Å². The van der Waals surface area contributed by atoms with Crippen LogP contribution in [0, 0.1) is 6.07 Å². The van der Waals surface area contributed by atoms with Crippen LogP contribution in [-0.2, 0) is 0 Å². The normalized spacial score (nSPS) is 11.8. The minimum Gasteiger partial charge on any atom is -0.170 e. The molecule has 0 fully saturated rings. The molecule has 0 spiro atoms. The van der Waals surface area contributed by atoms with Crippen LogP contribution in [0.3, 0.4) is 0 Å². The van der Waals surface area contributed by atoms with Crippen molar-refractivity contribution < 1.29 is 13.2 Å². The van der Waals surface area contributed by atoms with Gasteiger partial charge < -0.3 is 0 Å². The largest absolute Gasteiger partial charge is 0.399 e. The van der Waals surface area contributed by atoms with Crippen LogP contribution in [0.4, 0.5) is 13.2 Å². The van der Waals surface area contributed by atoms with E-state index in [2.05, 4.69) is 6.07 Å². The molecule has 0 aliphatic heterocycles. The van der Waals surface area contributed by atoms with Crippen molar-refractivity contribution in [2.45, 2.75) is 12.1 Å². The van der Waals surface area contributed by atoms with Crippen LogP contribution >= 0.6 is 0 Å². The lowest BCUT2D eigenvalue weighted by molar-refractivity contribution is -0.141. The molecule has 1 atom stereocenters. The predicted octanol–water partition coefficient (Wildman–Crippen LogP) is 4.18. The second-order valence-electron chi connectivity index (χ2n) is 3.70. The molecule has 0 bridgehead atoms. The Bertz CT molecular complexity index is 420. The molecule has 87 valence electrons. The Kier molecular flexibility index (Phi) is 3.18. The van der Waals surface area contributed by atoms with Crippen molar-refractivity contribution in [3.05, 3.63) is 71.8 Å². The third-order valence-corrected chi connectivity index (χ3v) is 2.50. The third-order valence-electron chi connectivity index (χ3n) is 2.50. The van der Waals surface area contributed by atoms with Gasteiger partial charge in [-0.2, -0.15) is 13.2 Å². The molecule has 1 unspecified atom stereocenters. The Hall–Kier alpha value is -1.77. The maximum absolute atomic E-state index is 13.1.